The van der Waals surface area contributed by atoms with Crippen LogP contribution in [0.1, 0.15) is 12.8 Å². The summed E-state index contributed by atoms with van der Waals surface area (Å²) >= 11 is 0. The van der Waals surface area contributed by atoms with Gasteiger partial charge in [0.1, 0.15) is 5.69 Å². The Kier molecular flexibility index (Phi) is 4.50. The van der Waals surface area contributed by atoms with Crippen LogP contribution in [0.2, 0.25) is 0 Å². The number of nitrogens with one attached hydrogen (secondary N) is 1. The number of nitrogens with zero attached hydrogens (tertiary/aromatic N) is 5. The minimum Gasteiger partial charge on any atom is -0.369 e. The first-order valence-electron chi connectivity index (χ1n) is 8.54. The van der Waals surface area contributed by atoms with Crippen molar-refractivity contribution in [3.63, 3.8) is 0 Å². The molecule has 0 radical (unpaired) electrons. The van der Waals surface area contributed by atoms with Crippen molar-refractivity contribution >= 4 is 11.6 Å². The summed E-state index contributed by atoms with van der Waals surface area (Å²) in [6.07, 6.45) is 9.06. The second-order valence-electron chi connectivity index (χ2n) is 6.12. The number of anilines is 2. The van der Waals surface area contributed by atoms with Gasteiger partial charge < -0.3 is 10.2 Å². The van der Waals surface area contributed by atoms with E-state index in [0.29, 0.717) is 12.0 Å². The Bertz CT molecular complexity index is 808. The number of rotatable bonds is 4. The van der Waals surface area contributed by atoms with Gasteiger partial charge in [-0.2, -0.15) is 0 Å². The Morgan fingerprint density at radius 1 is 0.960 bits per heavy atom. The minimum atomic E-state index is 0.325. The smallest absolute Gasteiger partial charge is 0.223 e. The van der Waals surface area contributed by atoms with Crippen molar-refractivity contribution in [3.05, 3.63) is 61.2 Å². The molecule has 1 aliphatic rings. The molecular weight excluding hydrogens is 312 g/mol. The summed E-state index contributed by atoms with van der Waals surface area (Å²) < 4.78 is 0. The maximum absolute atomic E-state index is 4.59. The number of benzene rings is 1. The highest BCUT2D eigenvalue weighted by Crippen LogP contribution is 2.21. The Labute approximate surface area is 147 Å². The molecule has 126 valence electrons. The van der Waals surface area contributed by atoms with Crippen LogP contribution in [0, 0.1) is 0 Å². The zero-order valence-corrected chi connectivity index (χ0v) is 13.9. The highest BCUT2D eigenvalue weighted by Gasteiger charge is 2.20. The summed E-state index contributed by atoms with van der Waals surface area (Å²) in [6.45, 7) is 2.03. The third kappa shape index (κ3) is 3.74. The molecule has 2 aromatic heterocycles. The van der Waals surface area contributed by atoms with Crippen LogP contribution in [-0.4, -0.2) is 39.1 Å². The summed E-state index contributed by atoms with van der Waals surface area (Å²) in [4.78, 5) is 19.8. The third-order valence-corrected chi connectivity index (χ3v) is 4.36. The summed E-state index contributed by atoms with van der Waals surface area (Å²) in [5.41, 5.74) is 2.80. The minimum absolute atomic E-state index is 0.325. The first kappa shape index (κ1) is 15.5. The lowest BCUT2D eigenvalue weighted by Gasteiger charge is -2.34. The Morgan fingerprint density at radius 3 is 2.72 bits per heavy atom. The van der Waals surface area contributed by atoms with Gasteiger partial charge in [0.15, 0.2) is 0 Å². The average Bonchev–Trinajstić information content (AvgIpc) is 2.70. The fourth-order valence-electron chi connectivity index (χ4n) is 3.15. The van der Waals surface area contributed by atoms with Gasteiger partial charge in [0.2, 0.25) is 5.95 Å². The number of para-hydroxylation sites is 1. The average molecular weight is 332 g/mol. The lowest BCUT2D eigenvalue weighted by atomic mass is 10.1. The number of aromatic nitrogens is 4. The van der Waals surface area contributed by atoms with Crippen molar-refractivity contribution in [2.45, 2.75) is 18.9 Å². The van der Waals surface area contributed by atoms with Gasteiger partial charge in [0.25, 0.3) is 0 Å². The summed E-state index contributed by atoms with van der Waals surface area (Å²) in [5, 5.41) is 3.48. The molecule has 6 nitrogen and oxygen atoms in total. The molecule has 4 rings (SSSR count). The molecule has 1 N–H and O–H groups in total. The summed E-state index contributed by atoms with van der Waals surface area (Å²) in [5.74, 6) is 0.642. The topological polar surface area (TPSA) is 66.8 Å². The largest absolute Gasteiger partial charge is 0.369 e. The van der Waals surface area contributed by atoms with Crippen molar-refractivity contribution in [1.29, 1.82) is 0 Å². The Hall–Kier alpha value is -3.02. The molecule has 1 atom stereocenters. The molecule has 1 saturated heterocycles. The maximum atomic E-state index is 4.59. The van der Waals surface area contributed by atoms with E-state index < -0.39 is 0 Å². The molecule has 0 spiro atoms. The van der Waals surface area contributed by atoms with Crippen molar-refractivity contribution in [2.24, 2.45) is 0 Å². The summed E-state index contributed by atoms with van der Waals surface area (Å²) in [7, 11) is 0. The lowest BCUT2D eigenvalue weighted by Crippen LogP contribution is -2.42. The van der Waals surface area contributed by atoms with Gasteiger partial charge in [-0.1, -0.05) is 18.2 Å². The molecule has 0 saturated carbocycles. The quantitative estimate of drug-likeness (QED) is 0.792. The molecule has 0 aliphatic carbocycles. The molecule has 0 amide bonds. The molecule has 25 heavy (non-hydrogen) atoms. The summed E-state index contributed by atoms with van der Waals surface area (Å²) in [6, 6.07) is 12.7. The van der Waals surface area contributed by atoms with Gasteiger partial charge in [-0.05, 0) is 31.0 Å². The van der Waals surface area contributed by atoms with E-state index >= 15 is 0 Å². The molecular formula is C19H20N6. The van der Waals surface area contributed by atoms with E-state index in [1.165, 1.54) is 5.69 Å². The zero-order valence-electron chi connectivity index (χ0n) is 13.9. The molecule has 1 aliphatic heterocycles. The molecule has 1 aromatic carbocycles. The highest BCUT2D eigenvalue weighted by atomic mass is 15.2. The third-order valence-electron chi connectivity index (χ3n) is 4.36. The lowest BCUT2D eigenvalue weighted by molar-refractivity contribution is 0.527. The molecule has 1 fully saturated rings. The van der Waals surface area contributed by atoms with Gasteiger partial charge >= 0.3 is 0 Å². The molecule has 6 heteroatoms. The van der Waals surface area contributed by atoms with E-state index in [2.05, 4.69) is 60.5 Å². The predicted molar refractivity (Wildman–Crippen MR) is 98.4 cm³/mol. The first-order valence-corrected chi connectivity index (χ1v) is 8.54. The van der Waals surface area contributed by atoms with Gasteiger partial charge in [-0.15, -0.1) is 0 Å². The molecule has 1 unspecified atom stereocenters. The van der Waals surface area contributed by atoms with Crippen molar-refractivity contribution < 1.29 is 0 Å². The van der Waals surface area contributed by atoms with Gasteiger partial charge in [-0.3, -0.25) is 9.97 Å². The highest BCUT2D eigenvalue weighted by molar-refractivity contribution is 5.54. The van der Waals surface area contributed by atoms with E-state index in [-0.39, 0.29) is 0 Å². The number of hydrogen-bond donors (Lipinski definition) is 1. The fourth-order valence-corrected chi connectivity index (χ4v) is 3.15. The van der Waals surface area contributed by atoms with Crippen LogP contribution >= 0.6 is 0 Å². The SMILES string of the molecule is c1ccc(N2CCCC(Nc3nccc(-c4cnccn4)n3)C2)cc1. The normalized spacial score (nSPS) is 17.3. The van der Waals surface area contributed by atoms with E-state index in [1.54, 1.807) is 24.8 Å². The zero-order chi connectivity index (χ0) is 16.9. The van der Waals surface area contributed by atoms with Crippen LogP contribution in [0.5, 0.6) is 0 Å². The monoisotopic (exact) mass is 332 g/mol. The van der Waals surface area contributed by atoms with Crippen molar-refractivity contribution in [3.8, 4) is 11.4 Å². The van der Waals surface area contributed by atoms with Crippen LogP contribution in [0.4, 0.5) is 11.6 Å². The van der Waals surface area contributed by atoms with E-state index in [1.807, 2.05) is 6.07 Å². The molecule has 3 heterocycles. The fraction of sp³-hybridized carbons (Fsp3) is 0.263. The second-order valence-corrected chi connectivity index (χ2v) is 6.12. The molecule has 0 bridgehead atoms. The predicted octanol–water partition coefficient (Wildman–Crippen LogP) is 3.01. The van der Waals surface area contributed by atoms with Crippen LogP contribution in [-0.2, 0) is 0 Å². The first-order chi connectivity index (χ1) is 12.4. The van der Waals surface area contributed by atoms with Gasteiger partial charge in [0, 0.05) is 43.4 Å². The number of hydrogen-bond acceptors (Lipinski definition) is 6. The van der Waals surface area contributed by atoms with Crippen LogP contribution in [0.25, 0.3) is 11.4 Å². The van der Waals surface area contributed by atoms with E-state index in [9.17, 15) is 0 Å². The number of piperidine rings is 1. The van der Waals surface area contributed by atoms with Gasteiger partial charge in [0.05, 0.1) is 11.9 Å². The van der Waals surface area contributed by atoms with Gasteiger partial charge in [-0.25, -0.2) is 9.97 Å². The van der Waals surface area contributed by atoms with E-state index in [4.69, 9.17) is 0 Å². The van der Waals surface area contributed by atoms with Crippen LogP contribution < -0.4 is 10.2 Å². The van der Waals surface area contributed by atoms with Crippen LogP contribution in [0.3, 0.4) is 0 Å². The maximum Gasteiger partial charge on any atom is 0.223 e. The Morgan fingerprint density at radius 2 is 1.88 bits per heavy atom. The van der Waals surface area contributed by atoms with E-state index in [0.717, 1.165) is 37.3 Å². The molecule has 3 aromatic rings. The standard InChI is InChI=1S/C19H20N6/c1-2-6-16(7-3-1)25-12-4-5-15(14-25)23-19-22-9-8-17(24-19)18-13-20-10-11-21-18/h1-3,6-11,13,15H,4-5,12,14H2,(H,22,23,24). The van der Waals surface area contributed by atoms with Crippen molar-refractivity contribution in [1.82, 2.24) is 19.9 Å². The Balaban J connectivity index is 1.47. The van der Waals surface area contributed by atoms with Crippen molar-refractivity contribution in [2.75, 3.05) is 23.3 Å². The van der Waals surface area contributed by atoms with Crippen LogP contribution in [0.15, 0.2) is 61.2 Å². The second kappa shape index (κ2) is 7.25.